The van der Waals surface area contributed by atoms with Crippen molar-refractivity contribution in [2.24, 2.45) is 5.73 Å². The van der Waals surface area contributed by atoms with E-state index in [2.05, 4.69) is 21.0 Å². The molecule has 0 bridgehead atoms. The second-order valence-electron chi connectivity index (χ2n) is 3.45. The number of halogens is 1. The van der Waals surface area contributed by atoms with Gasteiger partial charge in [-0.3, -0.25) is 0 Å². The Labute approximate surface area is 97.0 Å². The van der Waals surface area contributed by atoms with Gasteiger partial charge in [-0.05, 0) is 30.7 Å². The van der Waals surface area contributed by atoms with Crippen molar-refractivity contribution in [3.05, 3.63) is 46.7 Å². The van der Waals surface area contributed by atoms with Gasteiger partial charge in [-0.15, -0.1) is 0 Å². The molecule has 0 aliphatic heterocycles. The van der Waals surface area contributed by atoms with Crippen molar-refractivity contribution in [3.63, 3.8) is 0 Å². The minimum Gasteiger partial charge on any atom is -0.324 e. The van der Waals surface area contributed by atoms with Gasteiger partial charge in [-0.1, -0.05) is 22.0 Å². The second kappa shape index (κ2) is 4.16. The van der Waals surface area contributed by atoms with Crippen LogP contribution in [0.2, 0.25) is 0 Å². The van der Waals surface area contributed by atoms with Gasteiger partial charge in [0.2, 0.25) is 0 Å². The normalized spacial score (nSPS) is 12.7. The summed E-state index contributed by atoms with van der Waals surface area (Å²) in [7, 11) is 0. The lowest BCUT2D eigenvalue weighted by Crippen LogP contribution is -2.06. The molecule has 0 saturated heterocycles. The van der Waals surface area contributed by atoms with Gasteiger partial charge in [0.1, 0.15) is 0 Å². The van der Waals surface area contributed by atoms with Crippen LogP contribution in [0.4, 0.5) is 0 Å². The molecule has 1 atom stereocenters. The van der Waals surface area contributed by atoms with E-state index in [0.717, 1.165) is 15.7 Å². The first-order valence-corrected chi connectivity index (χ1v) is 5.53. The minimum absolute atomic E-state index is 0.0334. The molecule has 0 aliphatic carbocycles. The van der Waals surface area contributed by atoms with Gasteiger partial charge in [-0.2, -0.15) is 5.10 Å². The molecule has 78 valence electrons. The largest absolute Gasteiger partial charge is 0.324 e. The highest BCUT2D eigenvalue weighted by atomic mass is 79.9. The quantitative estimate of drug-likeness (QED) is 0.908. The minimum atomic E-state index is 0.0334. The highest BCUT2D eigenvalue weighted by Crippen LogP contribution is 2.24. The van der Waals surface area contributed by atoms with Crippen molar-refractivity contribution >= 4 is 15.9 Å². The van der Waals surface area contributed by atoms with Gasteiger partial charge in [-0.25, -0.2) is 4.68 Å². The molecule has 3 nitrogen and oxygen atoms in total. The van der Waals surface area contributed by atoms with Crippen LogP contribution in [-0.2, 0) is 0 Å². The van der Waals surface area contributed by atoms with Gasteiger partial charge in [0.15, 0.2) is 0 Å². The first-order chi connectivity index (χ1) is 7.18. The summed E-state index contributed by atoms with van der Waals surface area (Å²) in [4.78, 5) is 0. The summed E-state index contributed by atoms with van der Waals surface area (Å²) in [6.45, 7) is 1.97. The van der Waals surface area contributed by atoms with Crippen molar-refractivity contribution in [2.45, 2.75) is 13.0 Å². The number of nitrogens with zero attached hydrogens (tertiary/aromatic N) is 2. The standard InChI is InChI=1S/C11H12BrN3/c1-8(13)10-4-3-9(7-11(10)12)15-6-2-5-14-15/h2-8H,13H2,1H3. The Morgan fingerprint density at radius 1 is 1.47 bits per heavy atom. The third-order valence-electron chi connectivity index (χ3n) is 2.24. The molecule has 0 radical (unpaired) electrons. The Hall–Kier alpha value is -1.13. The van der Waals surface area contributed by atoms with E-state index in [1.807, 2.05) is 42.1 Å². The van der Waals surface area contributed by atoms with Crippen LogP contribution < -0.4 is 5.73 Å². The summed E-state index contributed by atoms with van der Waals surface area (Å²) in [5.74, 6) is 0. The van der Waals surface area contributed by atoms with Gasteiger partial charge >= 0.3 is 0 Å². The summed E-state index contributed by atoms with van der Waals surface area (Å²) < 4.78 is 2.83. The van der Waals surface area contributed by atoms with Gasteiger partial charge < -0.3 is 5.73 Å². The first kappa shape index (κ1) is 10.4. The Morgan fingerprint density at radius 2 is 2.27 bits per heavy atom. The second-order valence-corrected chi connectivity index (χ2v) is 4.30. The monoisotopic (exact) mass is 265 g/mol. The third kappa shape index (κ3) is 2.11. The molecular formula is C11H12BrN3. The average molecular weight is 266 g/mol. The van der Waals surface area contributed by atoms with Crippen molar-refractivity contribution in [1.82, 2.24) is 9.78 Å². The van der Waals surface area contributed by atoms with E-state index >= 15 is 0 Å². The lowest BCUT2D eigenvalue weighted by atomic mass is 10.1. The molecule has 0 amide bonds. The molecule has 1 unspecified atom stereocenters. The fourth-order valence-electron chi connectivity index (χ4n) is 1.45. The van der Waals surface area contributed by atoms with Crippen LogP contribution in [-0.4, -0.2) is 9.78 Å². The Kier molecular flexibility index (Phi) is 2.88. The molecule has 0 spiro atoms. The van der Waals surface area contributed by atoms with Crippen molar-refractivity contribution in [2.75, 3.05) is 0 Å². The molecule has 1 aromatic heterocycles. The maximum absolute atomic E-state index is 5.83. The molecule has 2 N–H and O–H groups in total. The molecule has 2 aromatic rings. The highest BCUT2D eigenvalue weighted by Gasteiger charge is 2.06. The summed E-state index contributed by atoms with van der Waals surface area (Å²) in [5.41, 5.74) is 7.96. The molecular weight excluding hydrogens is 254 g/mol. The molecule has 2 rings (SSSR count). The van der Waals surface area contributed by atoms with Gasteiger partial charge in [0.05, 0.1) is 5.69 Å². The lowest BCUT2D eigenvalue weighted by molar-refractivity contribution is 0.809. The summed E-state index contributed by atoms with van der Waals surface area (Å²) in [6.07, 6.45) is 3.67. The highest BCUT2D eigenvalue weighted by molar-refractivity contribution is 9.10. The van der Waals surface area contributed by atoms with Gasteiger partial charge in [0.25, 0.3) is 0 Å². The van der Waals surface area contributed by atoms with Crippen molar-refractivity contribution in [3.8, 4) is 5.69 Å². The predicted octanol–water partition coefficient (Wildman–Crippen LogP) is 2.65. The SMILES string of the molecule is CC(N)c1ccc(-n2cccn2)cc1Br. The van der Waals surface area contributed by atoms with Crippen LogP contribution in [0.1, 0.15) is 18.5 Å². The number of rotatable bonds is 2. The zero-order chi connectivity index (χ0) is 10.8. The zero-order valence-electron chi connectivity index (χ0n) is 8.39. The van der Waals surface area contributed by atoms with Crippen LogP contribution in [0.15, 0.2) is 41.1 Å². The molecule has 1 aromatic carbocycles. The fourth-order valence-corrected chi connectivity index (χ4v) is 2.18. The average Bonchev–Trinajstić information content (AvgIpc) is 2.69. The maximum Gasteiger partial charge on any atom is 0.0656 e. The number of nitrogens with two attached hydrogens (primary N) is 1. The number of aromatic nitrogens is 2. The Morgan fingerprint density at radius 3 is 2.80 bits per heavy atom. The zero-order valence-corrected chi connectivity index (χ0v) is 9.98. The van der Waals surface area contributed by atoms with E-state index in [1.54, 1.807) is 6.20 Å². The van der Waals surface area contributed by atoms with Crippen molar-refractivity contribution in [1.29, 1.82) is 0 Å². The van der Waals surface area contributed by atoms with Gasteiger partial charge in [0, 0.05) is 22.9 Å². The molecule has 0 saturated carbocycles. The lowest BCUT2D eigenvalue weighted by Gasteiger charge is -2.10. The Bertz CT molecular complexity index is 449. The molecule has 15 heavy (non-hydrogen) atoms. The first-order valence-electron chi connectivity index (χ1n) is 4.73. The molecule has 0 fully saturated rings. The summed E-state index contributed by atoms with van der Waals surface area (Å²) in [6, 6.07) is 7.98. The summed E-state index contributed by atoms with van der Waals surface area (Å²) >= 11 is 3.51. The van der Waals surface area contributed by atoms with E-state index < -0.39 is 0 Å². The smallest absolute Gasteiger partial charge is 0.0656 e. The maximum atomic E-state index is 5.83. The number of hydrogen-bond acceptors (Lipinski definition) is 2. The van der Waals surface area contributed by atoms with Crippen LogP contribution in [0.3, 0.4) is 0 Å². The Balaban J connectivity index is 2.42. The molecule has 4 heteroatoms. The fraction of sp³-hybridized carbons (Fsp3) is 0.182. The number of benzene rings is 1. The van der Waals surface area contributed by atoms with Crippen LogP contribution >= 0.6 is 15.9 Å². The predicted molar refractivity (Wildman–Crippen MR) is 63.9 cm³/mol. The number of hydrogen-bond donors (Lipinski definition) is 1. The van der Waals surface area contributed by atoms with Crippen LogP contribution in [0.5, 0.6) is 0 Å². The van der Waals surface area contributed by atoms with E-state index in [-0.39, 0.29) is 6.04 Å². The van der Waals surface area contributed by atoms with E-state index in [1.165, 1.54) is 0 Å². The van der Waals surface area contributed by atoms with Crippen LogP contribution in [0.25, 0.3) is 5.69 Å². The van der Waals surface area contributed by atoms with E-state index in [9.17, 15) is 0 Å². The van der Waals surface area contributed by atoms with Crippen LogP contribution in [0, 0.1) is 0 Å². The third-order valence-corrected chi connectivity index (χ3v) is 2.93. The summed E-state index contributed by atoms with van der Waals surface area (Å²) in [5, 5.41) is 4.17. The molecule has 0 aliphatic rings. The van der Waals surface area contributed by atoms with E-state index in [0.29, 0.717) is 0 Å². The van der Waals surface area contributed by atoms with E-state index in [4.69, 9.17) is 5.73 Å². The molecule has 1 heterocycles. The topological polar surface area (TPSA) is 43.8 Å². The van der Waals surface area contributed by atoms with Crippen molar-refractivity contribution < 1.29 is 0 Å².